The fraction of sp³-hybridized carbons (Fsp3) is 0.444. The van der Waals surface area contributed by atoms with Crippen LogP contribution in [0.25, 0.3) is 0 Å². The maximum Gasteiger partial charge on any atom is 0.276 e. The maximum atomic E-state index is 12.9. The highest BCUT2D eigenvalue weighted by atomic mass is 16.5. The predicted molar refractivity (Wildman–Crippen MR) is 86.0 cm³/mol. The van der Waals surface area contributed by atoms with Crippen LogP contribution in [0.15, 0.2) is 34.9 Å². The third-order valence-corrected chi connectivity index (χ3v) is 4.30. The van der Waals surface area contributed by atoms with E-state index in [-0.39, 0.29) is 11.9 Å². The van der Waals surface area contributed by atoms with Crippen LogP contribution in [0.3, 0.4) is 0 Å². The number of hydrogen-bond acceptors (Lipinski definition) is 4. The number of methoxy groups -OCH3 is 1. The van der Waals surface area contributed by atoms with Gasteiger partial charge in [-0.25, -0.2) is 0 Å². The van der Waals surface area contributed by atoms with Crippen LogP contribution in [-0.4, -0.2) is 29.6 Å². The second-order valence-electron chi connectivity index (χ2n) is 5.86. The molecule has 0 bridgehead atoms. The van der Waals surface area contributed by atoms with E-state index in [0.29, 0.717) is 24.6 Å². The molecular weight excluding hydrogens is 292 g/mol. The molecule has 2 aromatic rings. The normalized spacial score (nSPS) is 17.1. The van der Waals surface area contributed by atoms with Crippen molar-refractivity contribution in [1.29, 1.82) is 0 Å². The molecule has 0 unspecified atom stereocenters. The molecule has 1 atom stereocenters. The van der Waals surface area contributed by atoms with Gasteiger partial charge in [0.1, 0.15) is 6.61 Å². The summed E-state index contributed by atoms with van der Waals surface area (Å²) in [5, 5.41) is 3.91. The first-order valence-corrected chi connectivity index (χ1v) is 8.08. The second kappa shape index (κ2) is 6.96. The molecule has 1 amide bonds. The molecule has 1 aromatic carbocycles. The summed E-state index contributed by atoms with van der Waals surface area (Å²) in [6, 6.07) is 10.2. The Morgan fingerprint density at radius 1 is 1.43 bits per heavy atom. The highest BCUT2D eigenvalue weighted by Crippen LogP contribution is 2.34. The van der Waals surface area contributed by atoms with Crippen molar-refractivity contribution in [3.63, 3.8) is 0 Å². The molecule has 3 rings (SSSR count). The smallest absolute Gasteiger partial charge is 0.276 e. The predicted octanol–water partition coefficient (Wildman–Crippen LogP) is 3.36. The van der Waals surface area contributed by atoms with Crippen molar-refractivity contribution >= 4 is 5.91 Å². The van der Waals surface area contributed by atoms with Crippen molar-refractivity contribution in [2.45, 2.75) is 38.8 Å². The van der Waals surface area contributed by atoms with E-state index in [1.807, 2.05) is 11.0 Å². The van der Waals surface area contributed by atoms with Gasteiger partial charge in [-0.2, -0.15) is 0 Å². The first-order chi connectivity index (χ1) is 11.2. The molecule has 0 saturated heterocycles. The highest BCUT2D eigenvalue weighted by molar-refractivity contribution is 5.92. The van der Waals surface area contributed by atoms with Crippen LogP contribution >= 0.6 is 0 Å². The van der Waals surface area contributed by atoms with Gasteiger partial charge in [-0.1, -0.05) is 42.8 Å². The van der Waals surface area contributed by atoms with Crippen molar-refractivity contribution in [3.8, 4) is 0 Å². The average Bonchev–Trinajstić information content (AvgIpc) is 3.04. The van der Waals surface area contributed by atoms with Crippen molar-refractivity contribution in [2.24, 2.45) is 0 Å². The van der Waals surface area contributed by atoms with Crippen LogP contribution in [0, 0.1) is 0 Å². The molecule has 0 fully saturated rings. The summed E-state index contributed by atoms with van der Waals surface area (Å²) in [7, 11) is 1.59. The zero-order valence-corrected chi connectivity index (χ0v) is 13.6. The van der Waals surface area contributed by atoms with Crippen molar-refractivity contribution in [1.82, 2.24) is 10.1 Å². The van der Waals surface area contributed by atoms with Gasteiger partial charge in [-0.3, -0.25) is 4.79 Å². The summed E-state index contributed by atoms with van der Waals surface area (Å²) in [6.45, 7) is 3.18. The van der Waals surface area contributed by atoms with Crippen molar-refractivity contribution in [2.75, 3.05) is 13.7 Å². The van der Waals surface area contributed by atoms with E-state index in [0.717, 1.165) is 19.3 Å². The lowest BCUT2D eigenvalue weighted by Gasteiger charge is -2.37. The molecule has 122 valence electrons. The van der Waals surface area contributed by atoms with Gasteiger partial charge in [0.15, 0.2) is 11.5 Å². The molecule has 1 aliphatic heterocycles. The van der Waals surface area contributed by atoms with Gasteiger partial charge in [0.05, 0.1) is 6.04 Å². The van der Waals surface area contributed by atoms with Gasteiger partial charge in [0, 0.05) is 19.7 Å². The first-order valence-electron chi connectivity index (χ1n) is 8.08. The molecule has 0 N–H and O–H groups in total. The number of benzene rings is 1. The number of amides is 1. The van der Waals surface area contributed by atoms with E-state index in [2.05, 4.69) is 30.3 Å². The highest BCUT2D eigenvalue weighted by Gasteiger charge is 2.31. The summed E-state index contributed by atoms with van der Waals surface area (Å²) in [5.74, 6) is 0.504. The summed E-state index contributed by atoms with van der Waals surface area (Å²) < 4.78 is 10.2. The molecular formula is C18H22N2O3. The van der Waals surface area contributed by atoms with Crippen LogP contribution in [0.1, 0.15) is 53.2 Å². The Morgan fingerprint density at radius 2 is 2.26 bits per heavy atom. The van der Waals surface area contributed by atoms with E-state index in [9.17, 15) is 4.79 Å². The number of fused-ring (bicyclic) bond motifs is 1. The fourth-order valence-electron chi connectivity index (χ4n) is 3.25. The van der Waals surface area contributed by atoms with Crippen molar-refractivity contribution in [3.05, 3.63) is 52.9 Å². The summed E-state index contributed by atoms with van der Waals surface area (Å²) >= 11 is 0. The van der Waals surface area contributed by atoms with Crippen LogP contribution in [0.4, 0.5) is 0 Å². The van der Waals surface area contributed by atoms with E-state index >= 15 is 0 Å². The lowest BCUT2D eigenvalue weighted by Crippen LogP contribution is -2.40. The Morgan fingerprint density at radius 3 is 3.04 bits per heavy atom. The lowest BCUT2D eigenvalue weighted by molar-refractivity contribution is 0.0638. The van der Waals surface area contributed by atoms with Gasteiger partial charge in [-0.05, 0) is 24.0 Å². The van der Waals surface area contributed by atoms with E-state index in [1.54, 1.807) is 13.2 Å². The average molecular weight is 314 g/mol. The molecule has 5 heteroatoms. The molecule has 0 saturated carbocycles. The molecule has 1 aliphatic rings. The lowest BCUT2D eigenvalue weighted by atomic mass is 9.90. The van der Waals surface area contributed by atoms with Gasteiger partial charge in [0.25, 0.3) is 5.91 Å². The van der Waals surface area contributed by atoms with E-state index < -0.39 is 0 Å². The number of aromatic nitrogens is 1. The number of rotatable bonds is 5. The minimum Gasteiger partial charge on any atom is -0.377 e. The Hall–Kier alpha value is -2.14. The summed E-state index contributed by atoms with van der Waals surface area (Å²) in [6.07, 6.45) is 2.85. The van der Waals surface area contributed by atoms with Crippen LogP contribution in [-0.2, 0) is 17.8 Å². The van der Waals surface area contributed by atoms with Gasteiger partial charge in [-0.15, -0.1) is 0 Å². The Balaban J connectivity index is 1.87. The molecule has 23 heavy (non-hydrogen) atoms. The molecule has 0 spiro atoms. The summed E-state index contributed by atoms with van der Waals surface area (Å²) in [5.41, 5.74) is 2.96. The minimum atomic E-state index is -0.0657. The van der Waals surface area contributed by atoms with Crippen LogP contribution < -0.4 is 0 Å². The van der Waals surface area contributed by atoms with E-state index in [1.165, 1.54) is 11.1 Å². The standard InChI is InChI=1S/C18H22N2O3/c1-3-6-17-15-8-5-4-7-13(15)9-10-20(17)18(21)16-11-14(12-22-2)23-19-16/h4-5,7-8,11,17H,3,6,9-10,12H2,1-2H3/t17-/m0/s1. The number of hydrogen-bond donors (Lipinski definition) is 0. The number of nitrogens with zero attached hydrogens (tertiary/aromatic N) is 2. The fourth-order valence-corrected chi connectivity index (χ4v) is 3.25. The van der Waals surface area contributed by atoms with Crippen molar-refractivity contribution < 1.29 is 14.1 Å². The maximum absolute atomic E-state index is 12.9. The summed E-state index contributed by atoms with van der Waals surface area (Å²) in [4.78, 5) is 14.8. The van der Waals surface area contributed by atoms with E-state index in [4.69, 9.17) is 9.26 Å². The SMILES string of the molecule is CCC[C@H]1c2ccccc2CCN1C(=O)c1cc(COC)on1. The molecule has 0 radical (unpaired) electrons. The Kier molecular flexibility index (Phi) is 4.76. The molecule has 0 aliphatic carbocycles. The second-order valence-corrected chi connectivity index (χ2v) is 5.86. The zero-order valence-electron chi connectivity index (χ0n) is 13.6. The van der Waals surface area contributed by atoms with Gasteiger partial charge >= 0.3 is 0 Å². The monoisotopic (exact) mass is 314 g/mol. The first kappa shape index (κ1) is 15.7. The Labute approximate surface area is 136 Å². The largest absolute Gasteiger partial charge is 0.377 e. The topological polar surface area (TPSA) is 55.6 Å². The number of ether oxygens (including phenoxy) is 1. The van der Waals surface area contributed by atoms with Gasteiger partial charge < -0.3 is 14.2 Å². The Bertz CT molecular complexity index is 680. The van der Waals surface area contributed by atoms with Gasteiger partial charge in [0.2, 0.25) is 0 Å². The zero-order chi connectivity index (χ0) is 16.2. The van der Waals surface area contributed by atoms with Crippen LogP contribution in [0.2, 0.25) is 0 Å². The van der Waals surface area contributed by atoms with Crippen LogP contribution in [0.5, 0.6) is 0 Å². The number of carbonyl (C=O) groups is 1. The third-order valence-electron chi connectivity index (χ3n) is 4.30. The minimum absolute atomic E-state index is 0.0657. The molecule has 1 aromatic heterocycles. The number of carbonyl (C=O) groups excluding carboxylic acids is 1. The molecule has 5 nitrogen and oxygen atoms in total. The quantitative estimate of drug-likeness (QED) is 0.849. The molecule has 2 heterocycles. The third kappa shape index (κ3) is 3.15.